The van der Waals surface area contributed by atoms with Crippen LogP contribution in [-0.2, 0) is 4.74 Å². The van der Waals surface area contributed by atoms with Gasteiger partial charge in [-0.3, -0.25) is 0 Å². The molecule has 106 valence electrons. The van der Waals surface area contributed by atoms with Crippen molar-refractivity contribution in [2.45, 2.75) is 46.0 Å². The molecule has 0 amide bonds. The van der Waals surface area contributed by atoms with E-state index in [0.29, 0.717) is 12.0 Å². The lowest BCUT2D eigenvalue weighted by molar-refractivity contribution is -0.0423. The molecule has 2 rings (SSSR count). The summed E-state index contributed by atoms with van der Waals surface area (Å²) in [6.45, 7) is 10.1. The molecule has 0 radical (unpaired) electrons. The fourth-order valence-electron chi connectivity index (χ4n) is 3.25. The van der Waals surface area contributed by atoms with Crippen LogP contribution in [0.2, 0.25) is 0 Å². The molecule has 2 aliphatic heterocycles. The molecule has 2 aliphatic rings. The van der Waals surface area contributed by atoms with Crippen LogP contribution in [0.3, 0.4) is 0 Å². The monoisotopic (exact) mass is 255 g/mol. The van der Waals surface area contributed by atoms with Crippen LogP contribution in [0.5, 0.6) is 0 Å². The zero-order chi connectivity index (χ0) is 13.1. The maximum atomic E-state index is 9.74. The van der Waals surface area contributed by atoms with E-state index < -0.39 is 0 Å². The van der Waals surface area contributed by atoms with Gasteiger partial charge in [0.2, 0.25) is 0 Å². The summed E-state index contributed by atoms with van der Waals surface area (Å²) in [5.74, 6) is 0. The Morgan fingerprint density at radius 2 is 1.72 bits per heavy atom. The summed E-state index contributed by atoms with van der Waals surface area (Å²) in [5, 5.41) is 9.74. The van der Waals surface area contributed by atoms with E-state index >= 15 is 0 Å². The van der Waals surface area contributed by atoms with Crippen molar-refractivity contribution in [1.29, 1.82) is 0 Å². The van der Waals surface area contributed by atoms with Gasteiger partial charge in [-0.25, -0.2) is 0 Å². The second kappa shape index (κ2) is 5.89. The number of hydrogen-bond donors (Lipinski definition) is 1. The first-order chi connectivity index (χ1) is 8.61. The third kappa shape index (κ3) is 3.25. The van der Waals surface area contributed by atoms with Gasteiger partial charge < -0.3 is 14.7 Å². The summed E-state index contributed by atoms with van der Waals surface area (Å²) in [7, 11) is 0. The van der Waals surface area contributed by atoms with Crippen molar-refractivity contribution in [3.63, 3.8) is 0 Å². The molecule has 0 aromatic rings. The molecule has 0 aromatic heterocycles. The van der Waals surface area contributed by atoms with E-state index in [4.69, 9.17) is 4.74 Å². The Balaban J connectivity index is 1.86. The van der Waals surface area contributed by atoms with Crippen molar-refractivity contribution < 1.29 is 9.84 Å². The smallest absolute Gasteiger partial charge is 0.0501 e. The van der Waals surface area contributed by atoms with Gasteiger partial charge in [-0.1, -0.05) is 20.3 Å². The zero-order valence-electron chi connectivity index (χ0n) is 12.1. The normalized spacial score (nSPS) is 28.2. The largest absolute Gasteiger partial charge is 0.396 e. The molecule has 0 unspecified atom stereocenters. The van der Waals surface area contributed by atoms with E-state index in [9.17, 15) is 5.11 Å². The minimum atomic E-state index is 0.109. The average molecular weight is 255 g/mol. The Hall–Kier alpha value is -0.120. The van der Waals surface area contributed by atoms with Gasteiger partial charge in [0.1, 0.15) is 0 Å². The molecule has 0 saturated carbocycles. The Kier molecular flexibility index (Phi) is 4.68. The fourth-order valence-corrected chi connectivity index (χ4v) is 3.25. The quantitative estimate of drug-likeness (QED) is 0.836. The van der Waals surface area contributed by atoms with Gasteiger partial charge in [-0.15, -0.1) is 0 Å². The number of rotatable bonds is 4. The summed E-state index contributed by atoms with van der Waals surface area (Å²) < 4.78 is 5.44. The lowest BCUT2D eigenvalue weighted by Crippen LogP contribution is -2.47. The van der Waals surface area contributed by atoms with Crippen molar-refractivity contribution in [1.82, 2.24) is 4.90 Å². The first-order valence-corrected chi connectivity index (χ1v) is 7.52. The molecular weight excluding hydrogens is 226 g/mol. The molecular formula is C15H29NO2. The maximum Gasteiger partial charge on any atom is 0.0501 e. The van der Waals surface area contributed by atoms with Crippen LogP contribution >= 0.6 is 0 Å². The highest BCUT2D eigenvalue weighted by Gasteiger charge is 2.36. The first-order valence-electron chi connectivity index (χ1n) is 7.52. The van der Waals surface area contributed by atoms with Gasteiger partial charge in [-0.2, -0.15) is 0 Å². The Bertz CT molecular complexity index is 253. The van der Waals surface area contributed by atoms with E-state index in [-0.39, 0.29) is 5.41 Å². The highest BCUT2D eigenvalue weighted by atomic mass is 16.5. The molecule has 0 atom stereocenters. The fraction of sp³-hybridized carbons (Fsp3) is 1.00. The predicted molar refractivity (Wildman–Crippen MR) is 73.6 cm³/mol. The zero-order valence-corrected chi connectivity index (χ0v) is 12.1. The van der Waals surface area contributed by atoms with E-state index in [1.807, 2.05) is 0 Å². The highest BCUT2D eigenvalue weighted by molar-refractivity contribution is 4.88. The van der Waals surface area contributed by atoms with Crippen LogP contribution < -0.4 is 0 Å². The van der Waals surface area contributed by atoms with E-state index in [1.165, 1.54) is 32.4 Å². The average Bonchev–Trinajstić information content (AvgIpc) is 2.43. The second-order valence-electron chi connectivity index (χ2n) is 6.71. The lowest BCUT2D eigenvalue weighted by atomic mass is 9.76. The number of aliphatic hydroxyl groups excluding tert-OH is 1. The van der Waals surface area contributed by atoms with Gasteiger partial charge in [0.05, 0.1) is 6.61 Å². The van der Waals surface area contributed by atoms with E-state index in [0.717, 1.165) is 32.6 Å². The summed E-state index contributed by atoms with van der Waals surface area (Å²) in [5.41, 5.74) is 0.663. The summed E-state index contributed by atoms with van der Waals surface area (Å²) in [6.07, 6.45) is 5.94. The van der Waals surface area contributed by atoms with Crippen molar-refractivity contribution in [2.75, 3.05) is 39.5 Å². The summed E-state index contributed by atoms with van der Waals surface area (Å²) >= 11 is 0. The SMILES string of the molecule is CCC1(C)CCN(CC2(CO)CCOCC2)CC1. The molecule has 3 heteroatoms. The molecule has 18 heavy (non-hydrogen) atoms. The van der Waals surface area contributed by atoms with E-state index in [2.05, 4.69) is 18.7 Å². The van der Waals surface area contributed by atoms with Gasteiger partial charge in [0, 0.05) is 25.2 Å². The number of hydrogen-bond acceptors (Lipinski definition) is 3. The van der Waals surface area contributed by atoms with Crippen LogP contribution in [0, 0.1) is 10.8 Å². The minimum Gasteiger partial charge on any atom is -0.396 e. The van der Waals surface area contributed by atoms with Crippen LogP contribution in [-0.4, -0.2) is 49.5 Å². The van der Waals surface area contributed by atoms with Gasteiger partial charge in [-0.05, 0) is 44.2 Å². The summed E-state index contributed by atoms with van der Waals surface area (Å²) in [4.78, 5) is 2.57. The van der Waals surface area contributed by atoms with Crippen molar-refractivity contribution in [2.24, 2.45) is 10.8 Å². The Morgan fingerprint density at radius 3 is 2.22 bits per heavy atom. The third-order valence-electron chi connectivity index (χ3n) is 5.36. The topological polar surface area (TPSA) is 32.7 Å². The van der Waals surface area contributed by atoms with Gasteiger partial charge in [0.15, 0.2) is 0 Å². The maximum absolute atomic E-state index is 9.74. The number of aliphatic hydroxyl groups is 1. The van der Waals surface area contributed by atoms with Gasteiger partial charge >= 0.3 is 0 Å². The first kappa shape index (κ1) is 14.3. The molecule has 0 spiro atoms. The van der Waals surface area contributed by atoms with Crippen molar-refractivity contribution in [3.8, 4) is 0 Å². The second-order valence-corrected chi connectivity index (χ2v) is 6.71. The molecule has 0 aliphatic carbocycles. The molecule has 2 heterocycles. The molecule has 2 fully saturated rings. The molecule has 2 saturated heterocycles. The van der Waals surface area contributed by atoms with Crippen LogP contribution in [0.1, 0.15) is 46.0 Å². The van der Waals surface area contributed by atoms with Crippen LogP contribution in [0.25, 0.3) is 0 Å². The Labute approximate surface area is 112 Å². The minimum absolute atomic E-state index is 0.109. The third-order valence-corrected chi connectivity index (χ3v) is 5.36. The predicted octanol–water partition coefficient (Wildman–Crippen LogP) is 2.29. The molecule has 0 aromatic carbocycles. The van der Waals surface area contributed by atoms with Crippen molar-refractivity contribution >= 4 is 0 Å². The Morgan fingerprint density at radius 1 is 1.11 bits per heavy atom. The summed E-state index contributed by atoms with van der Waals surface area (Å²) in [6, 6.07) is 0. The van der Waals surface area contributed by atoms with Crippen molar-refractivity contribution in [3.05, 3.63) is 0 Å². The van der Waals surface area contributed by atoms with Crippen LogP contribution in [0.4, 0.5) is 0 Å². The van der Waals surface area contributed by atoms with E-state index in [1.54, 1.807) is 0 Å². The van der Waals surface area contributed by atoms with Crippen LogP contribution in [0.15, 0.2) is 0 Å². The number of likely N-dealkylation sites (tertiary alicyclic amines) is 1. The molecule has 0 bridgehead atoms. The molecule has 3 nitrogen and oxygen atoms in total. The number of nitrogens with zero attached hydrogens (tertiary/aromatic N) is 1. The standard InChI is InChI=1S/C15H29NO2/c1-3-14(2)4-8-16(9-5-14)12-15(13-17)6-10-18-11-7-15/h17H,3-13H2,1-2H3. The molecule has 1 N–H and O–H groups in total. The van der Waals surface area contributed by atoms with Gasteiger partial charge in [0.25, 0.3) is 0 Å². The number of ether oxygens (including phenoxy) is 1. The number of piperidine rings is 1. The lowest BCUT2D eigenvalue weighted by Gasteiger charge is -2.44. The highest BCUT2D eigenvalue weighted by Crippen LogP contribution is 2.37.